The number of halogens is 3. The second-order valence-electron chi connectivity index (χ2n) is 12.3. The molecule has 3 aromatic rings. The maximum atomic E-state index is 13.5. The highest BCUT2D eigenvalue weighted by Gasteiger charge is 2.43. The second-order valence-corrected chi connectivity index (χ2v) is 12.3. The van der Waals surface area contributed by atoms with Crippen LogP contribution in [-0.4, -0.2) is 112 Å². The summed E-state index contributed by atoms with van der Waals surface area (Å²) < 4.78 is 56.4. The van der Waals surface area contributed by atoms with E-state index in [1.165, 1.54) is 0 Å². The Labute approximate surface area is 305 Å². The fourth-order valence-electron chi connectivity index (χ4n) is 4.42. The van der Waals surface area contributed by atoms with Crippen molar-refractivity contribution in [2.24, 2.45) is 0 Å². The molecule has 1 aromatic carbocycles. The van der Waals surface area contributed by atoms with E-state index in [2.05, 4.69) is 35.9 Å². The lowest BCUT2D eigenvalue weighted by Crippen LogP contribution is -2.42. The average molecular weight is 768 g/mol. The molecule has 4 amide bonds. The highest BCUT2D eigenvalue weighted by atomic mass is 19.4. The van der Waals surface area contributed by atoms with Crippen LogP contribution in [0.3, 0.4) is 0 Å². The number of alkyl halides is 3. The third kappa shape index (κ3) is 13.9. The Kier molecular flexibility index (Phi) is 15.2. The number of amides is 4. The van der Waals surface area contributed by atoms with Gasteiger partial charge < -0.3 is 41.0 Å². The number of fused-ring (bicyclic) bond motifs is 1. The summed E-state index contributed by atoms with van der Waals surface area (Å²) in [5.41, 5.74) is 2.89. The molecule has 0 fully saturated rings. The van der Waals surface area contributed by atoms with E-state index in [9.17, 15) is 47.0 Å². The van der Waals surface area contributed by atoms with E-state index in [1.807, 2.05) is 0 Å². The molecule has 2 aromatic heterocycles. The van der Waals surface area contributed by atoms with Gasteiger partial charge in [-0.3, -0.25) is 29.1 Å². The number of aromatic amines is 1. The summed E-state index contributed by atoms with van der Waals surface area (Å²) in [5, 5.41) is 17.0. The van der Waals surface area contributed by atoms with Crippen molar-refractivity contribution >= 4 is 52.6 Å². The number of hydrogen-bond acceptors (Lipinski definition) is 13. The van der Waals surface area contributed by atoms with Crippen LogP contribution in [0, 0.1) is 0 Å². The van der Waals surface area contributed by atoms with Crippen molar-refractivity contribution in [3.05, 3.63) is 52.1 Å². The molecule has 294 valence electrons. The van der Waals surface area contributed by atoms with E-state index in [0.29, 0.717) is 4.90 Å². The van der Waals surface area contributed by atoms with Crippen molar-refractivity contribution < 1.29 is 56.5 Å². The number of nitrogens with zero attached hydrogens (tertiary/aromatic N) is 4. The number of carbonyl (C=O) groups excluding carboxylic acids is 4. The van der Waals surface area contributed by atoms with Crippen LogP contribution in [-0.2, 0) is 35.1 Å². The van der Waals surface area contributed by atoms with E-state index in [4.69, 9.17) is 19.9 Å². The number of anilines is 2. The molecule has 0 saturated carbocycles. The SMILES string of the molecule is CC(C)(C)OC(=O)NCCOCCOCCNC(=O)CCC(NC(=O)c1ccc(N(Cc2cnc3nc(N)[nH]c(=O)c3n2)C(=O)C(F)(F)F)cc1)C(=O)O. The molecule has 3 rings (SSSR count). The Morgan fingerprint density at radius 3 is 2.19 bits per heavy atom. The van der Waals surface area contributed by atoms with Gasteiger partial charge in [0.15, 0.2) is 11.2 Å². The quantitative estimate of drug-likeness (QED) is 0.0988. The van der Waals surface area contributed by atoms with Gasteiger partial charge >= 0.3 is 24.1 Å². The monoisotopic (exact) mass is 767 g/mol. The number of nitrogens with one attached hydrogen (secondary N) is 4. The fourth-order valence-corrected chi connectivity index (χ4v) is 4.42. The molecule has 0 aliphatic carbocycles. The minimum Gasteiger partial charge on any atom is -0.480 e. The third-order valence-electron chi connectivity index (χ3n) is 6.85. The molecule has 0 spiro atoms. The largest absolute Gasteiger partial charge is 0.480 e. The second kappa shape index (κ2) is 19.3. The summed E-state index contributed by atoms with van der Waals surface area (Å²) in [7, 11) is 0. The molecule has 0 bridgehead atoms. The van der Waals surface area contributed by atoms with E-state index < -0.39 is 59.7 Å². The Balaban J connectivity index is 1.47. The first-order chi connectivity index (χ1) is 25.3. The number of aromatic nitrogens is 4. The number of benzene rings is 1. The summed E-state index contributed by atoms with van der Waals surface area (Å²) in [6.45, 7) is 5.61. The first-order valence-electron chi connectivity index (χ1n) is 16.3. The number of H-pyrrole nitrogens is 1. The summed E-state index contributed by atoms with van der Waals surface area (Å²) in [6.07, 6.45) is -5.42. The first-order valence-corrected chi connectivity index (χ1v) is 16.3. The van der Waals surface area contributed by atoms with Gasteiger partial charge in [0.25, 0.3) is 11.5 Å². The summed E-state index contributed by atoms with van der Waals surface area (Å²) in [6, 6.07) is 2.71. The van der Waals surface area contributed by atoms with Crippen LogP contribution < -0.4 is 32.1 Å². The first kappa shape index (κ1) is 42.5. The highest BCUT2D eigenvalue weighted by molar-refractivity contribution is 5.99. The Hall–Kier alpha value is -5.90. The van der Waals surface area contributed by atoms with Crippen LogP contribution >= 0.6 is 0 Å². The van der Waals surface area contributed by atoms with Crippen LogP contribution in [0.15, 0.2) is 35.3 Å². The van der Waals surface area contributed by atoms with Crippen LogP contribution in [0.4, 0.5) is 29.6 Å². The Morgan fingerprint density at radius 2 is 1.59 bits per heavy atom. The lowest BCUT2D eigenvalue weighted by Gasteiger charge is -2.24. The molecule has 0 aliphatic heterocycles. The topological polar surface area (TPSA) is 270 Å². The number of nitrogen functional groups attached to an aromatic ring is 1. The van der Waals surface area contributed by atoms with Crippen LogP contribution in [0.25, 0.3) is 11.2 Å². The number of carbonyl (C=O) groups is 5. The molecule has 0 aliphatic rings. The van der Waals surface area contributed by atoms with E-state index >= 15 is 0 Å². The van der Waals surface area contributed by atoms with Crippen molar-refractivity contribution in [2.45, 2.75) is 58.0 Å². The Bertz CT molecular complexity index is 1850. The van der Waals surface area contributed by atoms with Crippen molar-refractivity contribution in [1.29, 1.82) is 0 Å². The predicted octanol–water partition coefficient (Wildman–Crippen LogP) is 1.03. The third-order valence-corrected chi connectivity index (χ3v) is 6.85. The maximum absolute atomic E-state index is 13.5. The van der Waals surface area contributed by atoms with Gasteiger partial charge in [-0.2, -0.15) is 18.2 Å². The molecule has 19 nitrogen and oxygen atoms in total. The molecule has 0 saturated heterocycles. The number of aliphatic carboxylic acids is 1. The lowest BCUT2D eigenvalue weighted by molar-refractivity contribution is -0.170. The molecule has 54 heavy (non-hydrogen) atoms. The molecule has 7 N–H and O–H groups in total. The number of carboxylic acid groups (broad SMARTS) is 1. The molecular weight excluding hydrogens is 727 g/mol. The molecule has 1 unspecified atom stereocenters. The predicted molar refractivity (Wildman–Crippen MR) is 183 cm³/mol. The summed E-state index contributed by atoms with van der Waals surface area (Å²) >= 11 is 0. The zero-order valence-electron chi connectivity index (χ0n) is 29.4. The minimum atomic E-state index is -5.32. The van der Waals surface area contributed by atoms with Crippen LogP contribution in [0.1, 0.15) is 49.7 Å². The molecule has 0 radical (unpaired) electrons. The van der Waals surface area contributed by atoms with Gasteiger partial charge in [0.05, 0.1) is 44.9 Å². The number of alkyl carbamates (subject to hydrolysis) is 1. The van der Waals surface area contributed by atoms with Gasteiger partial charge in [-0.05, 0) is 51.5 Å². The normalized spacial score (nSPS) is 12.1. The van der Waals surface area contributed by atoms with E-state index in [-0.39, 0.29) is 86.4 Å². The van der Waals surface area contributed by atoms with Crippen LogP contribution in [0.5, 0.6) is 0 Å². The van der Waals surface area contributed by atoms with Gasteiger partial charge in [-0.1, -0.05) is 0 Å². The number of nitrogens with two attached hydrogens (primary N) is 1. The number of hydrogen-bond donors (Lipinski definition) is 6. The highest BCUT2D eigenvalue weighted by Crippen LogP contribution is 2.26. The van der Waals surface area contributed by atoms with E-state index in [0.717, 1.165) is 30.5 Å². The minimum absolute atomic E-state index is 0.112. The molecule has 1 atom stereocenters. The van der Waals surface area contributed by atoms with Crippen molar-refractivity contribution in [2.75, 3.05) is 50.2 Å². The van der Waals surface area contributed by atoms with Crippen molar-refractivity contribution in [3.8, 4) is 0 Å². The number of carboxylic acids is 1. The standard InChI is InChI=1S/C32H40F3N9O10/c1-31(2,3)54-30(51)38-11-13-53-15-14-52-12-10-37-22(45)9-8-21(27(48)49)41-25(46)18-4-6-20(7-5-18)44(28(50)32(33,34)35)17-19-16-39-24-23(40-19)26(47)43-29(36)42-24/h4-7,16,21H,8-15,17H2,1-3H3,(H,37,45)(H,38,51)(H,41,46)(H,48,49)(H3,36,39,42,43,47). The number of ether oxygens (including phenoxy) is 3. The van der Waals surface area contributed by atoms with Crippen molar-refractivity contribution in [1.82, 2.24) is 35.9 Å². The molecule has 22 heteroatoms. The van der Waals surface area contributed by atoms with Crippen molar-refractivity contribution in [3.63, 3.8) is 0 Å². The van der Waals surface area contributed by atoms with Gasteiger partial charge in [0, 0.05) is 30.8 Å². The maximum Gasteiger partial charge on any atom is 0.471 e. The molecule has 2 heterocycles. The van der Waals surface area contributed by atoms with Crippen LogP contribution in [0.2, 0.25) is 0 Å². The summed E-state index contributed by atoms with van der Waals surface area (Å²) in [4.78, 5) is 87.1. The smallest absolute Gasteiger partial charge is 0.471 e. The van der Waals surface area contributed by atoms with Gasteiger partial charge in [0.2, 0.25) is 11.9 Å². The van der Waals surface area contributed by atoms with Gasteiger partial charge in [-0.25, -0.2) is 19.6 Å². The molecular formula is C32H40F3N9O10. The zero-order valence-corrected chi connectivity index (χ0v) is 29.4. The zero-order chi connectivity index (χ0) is 40.1. The average Bonchev–Trinajstić information content (AvgIpc) is 3.08. The van der Waals surface area contributed by atoms with Gasteiger partial charge in [0.1, 0.15) is 11.6 Å². The van der Waals surface area contributed by atoms with E-state index in [1.54, 1.807) is 20.8 Å². The summed E-state index contributed by atoms with van der Waals surface area (Å²) in [5.74, 6) is -5.40. The lowest BCUT2D eigenvalue weighted by atomic mass is 10.1. The van der Waals surface area contributed by atoms with Gasteiger partial charge in [-0.15, -0.1) is 0 Å². The Morgan fingerprint density at radius 1 is 0.963 bits per heavy atom. The fraction of sp³-hybridized carbons (Fsp3) is 0.469. The number of rotatable bonds is 18.